The first-order valence-electron chi connectivity index (χ1n) is 6.68. The molecule has 0 bridgehead atoms. The Balaban J connectivity index is 2.27. The van der Waals surface area contributed by atoms with Gasteiger partial charge >= 0.3 is 0 Å². The van der Waals surface area contributed by atoms with E-state index in [0.29, 0.717) is 5.75 Å². The maximum Gasteiger partial charge on any atom is 0.182 e. The minimum Gasteiger partial charge on any atom is -0.493 e. The van der Waals surface area contributed by atoms with Gasteiger partial charge in [0.15, 0.2) is 16.9 Å². The molecule has 1 aromatic carbocycles. The first-order valence-corrected chi connectivity index (χ1v) is 6.68. The number of nitrogens with zero attached hydrogens (tertiary/aromatic N) is 1. The second-order valence-corrected chi connectivity index (χ2v) is 4.91. The highest BCUT2D eigenvalue weighted by molar-refractivity contribution is 5.69. The molecule has 0 radical (unpaired) electrons. The van der Waals surface area contributed by atoms with Gasteiger partial charge in [0, 0.05) is 30.4 Å². The standard InChI is InChI=1S/C16H17NO3/c1-19-15-8-11-4-3-6-17-7-5-12(18)9-14(17)13(11)10-16(15)20-2/h5,7-10H,3-4,6H2,1-2H3. The molecule has 0 atom stereocenters. The van der Waals surface area contributed by atoms with Gasteiger partial charge in [-0.25, -0.2) is 0 Å². The number of hydrogen-bond donors (Lipinski definition) is 0. The summed E-state index contributed by atoms with van der Waals surface area (Å²) in [6.07, 6.45) is 3.87. The van der Waals surface area contributed by atoms with Gasteiger partial charge in [-0.05, 0) is 30.5 Å². The molecule has 4 heteroatoms. The van der Waals surface area contributed by atoms with Crippen molar-refractivity contribution in [3.8, 4) is 22.8 Å². The topological polar surface area (TPSA) is 40.5 Å². The number of benzene rings is 1. The third-order valence-corrected chi connectivity index (χ3v) is 3.74. The molecule has 1 aliphatic heterocycles. The van der Waals surface area contributed by atoms with Crippen molar-refractivity contribution in [3.05, 3.63) is 46.2 Å². The Hall–Kier alpha value is -2.23. The van der Waals surface area contributed by atoms with Crippen molar-refractivity contribution in [1.29, 1.82) is 0 Å². The zero-order valence-electron chi connectivity index (χ0n) is 11.7. The number of methoxy groups -OCH3 is 2. The normalized spacial score (nSPS) is 13.1. The third-order valence-electron chi connectivity index (χ3n) is 3.74. The smallest absolute Gasteiger partial charge is 0.182 e. The van der Waals surface area contributed by atoms with Crippen LogP contribution in [0.5, 0.6) is 11.5 Å². The van der Waals surface area contributed by atoms with E-state index in [4.69, 9.17) is 9.47 Å². The highest BCUT2D eigenvalue weighted by Crippen LogP contribution is 2.37. The van der Waals surface area contributed by atoms with Crippen LogP contribution in [-0.4, -0.2) is 18.8 Å². The Bertz CT molecular complexity index is 703. The SMILES string of the molecule is COc1cc2c(cc1OC)-c1cc(=O)ccn1CCC2. The number of aryl methyl sites for hydroxylation is 2. The van der Waals surface area contributed by atoms with Crippen LogP contribution in [0.25, 0.3) is 11.3 Å². The molecule has 4 nitrogen and oxygen atoms in total. The van der Waals surface area contributed by atoms with E-state index in [1.165, 1.54) is 5.56 Å². The molecule has 0 unspecified atom stereocenters. The lowest BCUT2D eigenvalue weighted by Gasteiger charge is -2.15. The van der Waals surface area contributed by atoms with Crippen LogP contribution in [0.3, 0.4) is 0 Å². The van der Waals surface area contributed by atoms with Crippen LogP contribution in [0.4, 0.5) is 0 Å². The molecular weight excluding hydrogens is 254 g/mol. The number of rotatable bonds is 2. The minimum atomic E-state index is 0.0267. The molecule has 0 aliphatic carbocycles. The van der Waals surface area contributed by atoms with Crippen molar-refractivity contribution in [3.63, 3.8) is 0 Å². The number of aromatic nitrogens is 1. The van der Waals surface area contributed by atoms with E-state index in [1.807, 2.05) is 18.3 Å². The Kier molecular flexibility index (Phi) is 3.22. The van der Waals surface area contributed by atoms with Gasteiger partial charge in [-0.1, -0.05) is 0 Å². The Labute approximate surface area is 117 Å². The Morgan fingerprint density at radius 1 is 1.10 bits per heavy atom. The average molecular weight is 271 g/mol. The number of fused-ring (bicyclic) bond motifs is 3. The van der Waals surface area contributed by atoms with Gasteiger partial charge in [-0.2, -0.15) is 0 Å². The second kappa shape index (κ2) is 5.04. The summed E-state index contributed by atoms with van der Waals surface area (Å²) in [6.45, 7) is 0.912. The van der Waals surface area contributed by atoms with E-state index in [9.17, 15) is 4.79 Å². The molecule has 2 heterocycles. The van der Waals surface area contributed by atoms with Gasteiger partial charge in [-0.15, -0.1) is 0 Å². The molecule has 0 saturated carbocycles. The Morgan fingerprint density at radius 3 is 2.60 bits per heavy atom. The van der Waals surface area contributed by atoms with E-state index in [1.54, 1.807) is 26.4 Å². The van der Waals surface area contributed by atoms with Gasteiger partial charge < -0.3 is 14.0 Å². The summed E-state index contributed by atoms with van der Waals surface area (Å²) in [5.74, 6) is 1.42. The van der Waals surface area contributed by atoms with Crippen LogP contribution in [0.2, 0.25) is 0 Å². The van der Waals surface area contributed by atoms with Crippen molar-refractivity contribution in [2.24, 2.45) is 0 Å². The van der Waals surface area contributed by atoms with E-state index in [0.717, 1.165) is 36.4 Å². The van der Waals surface area contributed by atoms with Crippen LogP contribution < -0.4 is 14.9 Å². The molecule has 3 rings (SSSR count). The Morgan fingerprint density at radius 2 is 1.85 bits per heavy atom. The fraction of sp³-hybridized carbons (Fsp3) is 0.312. The highest BCUT2D eigenvalue weighted by Gasteiger charge is 2.17. The lowest BCUT2D eigenvalue weighted by molar-refractivity contribution is 0.354. The molecule has 0 spiro atoms. The van der Waals surface area contributed by atoms with Crippen LogP contribution in [-0.2, 0) is 13.0 Å². The molecule has 104 valence electrons. The van der Waals surface area contributed by atoms with E-state index >= 15 is 0 Å². The summed E-state index contributed by atoms with van der Waals surface area (Å²) in [6, 6.07) is 7.28. The van der Waals surface area contributed by atoms with Gasteiger partial charge in [0.05, 0.1) is 19.9 Å². The quantitative estimate of drug-likeness (QED) is 0.842. The number of hydrogen-bond acceptors (Lipinski definition) is 3. The first kappa shape index (κ1) is 12.8. The zero-order chi connectivity index (χ0) is 14.1. The number of ether oxygens (including phenoxy) is 2. The van der Waals surface area contributed by atoms with Crippen molar-refractivity contribution >= 4 is 0 Å². The van der Waals surface area contributed by atoms with E-state index in [2.05, 4.69) is 4.57 Å². The predicted molar refractivity (Wildman–Crippen MR) is 77.6 cm³/mol. The lowest BCUT2D eigenvalue weighted by atomic mass is 10.0. The zero-order valence-corrected chi connectivity index (χ0v) is 11.7. The van der Waals surface area contributed by atoms with E-state index < -0.39 is 0 Å². The first-order chi connectivity index (χ1) is 9.72. The van der Waals surface area contributed by atoms with Crippen molar-refractivity contribution in [2.75, 3.05) is 14.2 Å². The molecule has 0 fully saturated rings. The summed E-state index contributed by atoms with van der Waals surface area (Å²) in [5, 5.41) is 0. The summed E-state index contributed by atoms with van der Waals surface area (Å²) < 4.78 is 12.9. The second-order valence-electron chi connectivity index (χ2n) is 4.91. The van der Waals surface area contributed by atoms with Crippen molar-refractivity contribution in [2.45, 2.75) is 19.4 Å². The molecule has 0 saturated heterocycles. The molecule has 1 aliphatic rings. The molecule has 2 aromatic rings. The third kappa shape index (κ3) is 2.07. The predicted octanol–water partition coefficient (Wildman–Crippen LogP) is 2.48. The van der Waals surface area contributed by atoms with Gasteiger partial charge in [0.25, 0.3) is 0 Å². The van der Waals surface area contributed by atoms with Gasteiger partial charge in [0.2, 0.25) is 0 Å². The van der Waals surface area contributed by atoms with Crippen LogP contribution in [0, 0.1) is 0 Å². The van der Waals surface area contributed by atoms with Crippen LogP contribution in [0.1, 0.15) is 12.0 Å². The van der Waals surface area contributed by atoms with Crippen LogP contribution >= 0.6 is 0 Å². The summed E-state index contributed by atoms with van der Waals surface area (Å²) in [7, 11) is 3.26. The van der Waals surface area contributed by atoms with Crippen LogP contribution in [0.15, 0.2) is 35.3 Å². The largest absolute Gasteiger partial charge is 0.493 e. The van der Waals surface area contributed by atoms with Crippen molar-refractivity contribution in [1.82, 2.24) is 4.57 Å². The monoisotopic (exact) mass is 271 g/mol. The molecule has 0 amide bonds. The molecular formula is C16H17NO3. The fourth-order valence-electron chi connectivity index (χ4n) is 2.74. The van der Waals surface area contributed by atoms with Crippen molar-refractivity contribution < 1.29 is 9.47 Å². The maximum absolute atomic E-state index is 11.7. The van der Waals surface area contributed by atoms with E-state index in [-0.39, 0.29) is 5.43 Å². The fourth-order valence-corrected chi connectivity index (χ4v) is 2.74. The summed E-state index contributed by atoms with van der Waals surface area (Å²) in [4.78, 5) is 11.7. The lowest BCUT2D eigenvalue weighted by Crippen LogP contribution is -2.07. The van der Waals surface area contributed by atoms with Gasteiger partial charge in [0.1, 0.15) is 0 Å². The van der Waals surface area contributed by atoms with Gasteiger partial charge in [-0.3, -0.25) is 4.79 Å². The summed E-state index contributed by atoms with van der Waals surface area (Å²) in [5.41, 5.74) is 3.22. The average Bonchev–Trinajstić information content (AvgIpc) is 2.64. The molecule has 1 aromatic heterocycles. The molecule has 20 heavy (non-hydrogen) atoms. The maximum atomic E-state index is 11.7. The highest BCUT2D eigenvalue weighted by atomic mass is 16.5. The summed E-state index contributed by atoms with van der Waals surface area (Å²) >= 11 is 0. The molecule has 0 N–H and O–H groups in total. The number of pyridine rings is 1. The minimum absolute atomic E-state index is 0.0267.